The number of hydrogen-bond donors (Lipinski definition) is 2. The van der Waals surface area contributed by atoms with Gasteiger partial charge in [-0.05, 0) is 12.1 Å². The van der Waals surface area contributed by atoms with Crippen molar-refractivity contribution in [3.63, 3.8) is 0 Å². The average molecular weight is 233 g/mol. The molecule has 0 unspecified atom stereocenters. The maximum Gasteiger partial charge on any atom is 0.267 e. The molecular weight excluding hydrogens is 220 g/mol. The van der Waals surface area contributed by atoms with Gasteiger partial charge in [-0.1, -0.05) is 0 Å². The lowest BCUT2D eigenvalue weighted by molar-refractivity contribution is 0.0857. The molecule has 1 aromatic rings. The maximum atomic E-state index is 12.6. The van der Waals surface area contributed by atoms with E-state index in [2.05, 4.69) is 10.3 Å². The van der Waals surface area contributed by atoms with Crippen molar-refractivity contribution in [1.29, 1.82) is 0 Å². The van der Waals surface area contributed by atoms with E-state index in [0.29, 0.717) is 0 Å². The quantitative estimate of drug-likeness (QED) is 0.763. The van der Waals surface area contributed by atoms with E-state index in [0.717, 1.165) is 6.07 Å². The van der Waals surface area contributed by atoms with Crippen molar-refractivity contribution < 1.29 is 23.5 Å². The Morgan fingerprint density at radius 3 is 2.56 bits per heavy atom. The molecule has 0 saturated heterocycles. The zero-order valence-electron chi connectivity index (χ0n) is 8.96. The van der Waals surface area contributed by atoms with Crippen LogP contribution in [-0.4, -0.2) is 19.3 Å². The third-order valence-corrected chi connectivity index (χ3v) is 2.07. The molecule has 0 spiro atoms. The van der Waals surface area contributed by atoms with Crippen molar-refractivity contribution in [3.8, 4) is 11.5 Å². The Kier molecular flexibility index (Phi) is 4.45. The lowest BCUT2D eigenvalue weighted by Gasteiger charge is -2.12. The Balaban J connectivity index is 3.10. The van der Waals surface area contributed by atoms with Gasteiger partial charge in [-0.2, -0.15) is 5.48 Å². The number of hydroxylamine groups is 1. The number of rotatable bonds is 5. The van der Waals surface area contributed by atoms with Crippen LogP contribution in [-0.2, 0) is 11.4 Å². The van der Waals surface area contributed by atoms with Gasteiger partial charge >= 0.3 is 0 Å². The van der Waals surface area contributed by atoms with Gasteiger partial charge in [0, 0.05) is 12.1 Å². The van der Waals surface area contributed by atoms with Gasteiger partial charge in [-0.15, -0.1) is 0 Å². The van der Waals surface area contributed by atoms with E-state index in [1.54, 1.807) is 0 Å². The Bertz CT molecular complexity index is 358. The van der Waals surface area contributed by atoms with E-state index < -0.39 is 17.7 Å². The van der Waals surface area contributed by atoms with Gasteiger partial charge in [0.25, 0.3) is 6.43 Å². The van der Waals surface area contributed by atoms with Crippen molar-refractivity contribution in [2.24, 2.45) is 0 Å². The maximum absolute atomic E-state index is 12.6. The highest BCUT2D eigenvalue weighted by atomic mass is 19.3. The van der Waals surface area contributed by atoms with Gasteiger partial charge in [-0.3, -0.25) is 0 Å². The molecule has 0 atom stereocenters. The number of phenolic OH excluding ortho intramolecular Hbond substituents is 1. The summed E-state index contributed by atoms with van der Waals surface area (Å²) in [5, 5.41) is 9.57. The third-order valence-electron chi connectivity index (χ3n) is 2.07. The number of benzene rings is 1. The molecule has 2 N–H and O–H groups in total. The fourth-order valence-electron chi connectivity index (χ4n) is 1.26. The standard InChI is InChI=1S/C10H13F2NO3/c1-15-7-3-6(5-13-16-2)9(14)8(4-7)10(11)12/h3-4,10,13-14H,5H2,1-2H3. The molecule has 16 heavy (non-hydrogen) atoms. The van der Waals surface area contributed by atoms with Crippen molar-refractivity contribution in [2.45, 2.75) is 13.0 Å². The first-order valence-electron chi connectivity index (χ1n) is 4.54. The summed E-state index contributed by atoms with van der Waals surface area (Å²) in [6.45, 7) is 0.110. The molecule has 0 aliphatic heterocycles. The summed E-state index contributed by atoms with van der Waals surface area (Å²) in [5.41, 5.74) is 2.30. The highest BCUT2D eigenvalue weighted by Gasteiger charge is 2.17. The van der Waals surface area contributed by atoms with Gasteiger partial charge in [0.05, 0.1) is 19.8 Å². The van der Waals surface area contributed by atoms with E-state index >= 15 is 0 Å². The molecule has 0 aromatic heterocycles. The second kappa shape index (κ2) is 5.62. The molecule has 0 fully saturated rings. The van der Waals surface area contributed by atoms with Crippen LogP contribution >= 0.6 is 0 Å². The lowest BCUT2D eigenvalue weighted by atomic mass is 10.1. The average Bonchev–Trinajstić information content (AvgIpc) is 2.27. The van der Waals surface area contributed by atoms with Gasteiger partial charge in [-0.25, -0.2) is 8.78 Å². The lowest BCUT2D eigenvalue weighted by Crippen LogP contribution is -2.11. The zero-order chi connectivity index (χ0) is 12.1. The summed E-state index contributed by atoms with van der Waals surface area (Å²) in [7, 11) is 2.76. The fourth-order valence-corrected chi connectivity index (χ4v) is 1.26. The van der Waals surface area contributed by atoms with Crippen LogP contribution in [0.4, 0.5) is 8.78 Å². The molecule has 4 nitrogen and oxygen atoms in total. The third kappa shape index (κ3) is 2.80. The van der Waals surface area contributed by atoms with Crippen LogP contribution in [0.1, 0.15) is 17.6 Å². The first kappa shape index (κ1) is 12.7. The van der Waals surface area contributed by atoms with Crippen LogP contribution in [0.2, 0.25) is 0 Å². The summed E-state index contributed by atoms with van der Waals surface area (Å²) in [6.07, 6.45) is -2.75. The minimum absolute atomic E-state index is 0.110. The molecule has 6 heteroatoms. The normalized spacial score (nSPS) is 10.8. The smallest absolute Gasteiger partial charge is 0.267 e. The highest BCUT2D eigenvalue weighted by molar-refractivity contribution is 5.46. The molecule has 0 aliphatic rings. The van der Waals surface area contributed by atoms with E-state index in [1.165, 1.54) is 20.3 Å². The van der Waals surface area contributed by atoms with Crippen molar-refractivity contribution in [3.05, 3.63) is 23.3 Å². The Hall–Kier alpha value is -1.40. The summed E-state index contributed by atoms with van der Waals surface area (Å²) >= 11 is 0. The van der Waals surface area contributed by atoms with Gasteiger partial charge < -0.3 is 14.7 Å². The molecule has 1 aromatic carbocycles. The number of methoxy groups -OCH3 is 1. The summed E-state index contributed by atoms with van der Waals surface area (Å²) in [4.78, 5) is 4.59. The summed E-state index contributed by atoms with van der Waals surface area (Å²) in [5.74, 6) is -0.179. The molecule has 0 bridgehead atoms. The van der Waals surface area contributed by atoms with Gasteiger partial charge in [0.1, 0.15) is 11.5 Å². The topological polar surface area (TPSA) is 50.7 Å². The van der Waals surface area contributed by atoms with Crippen LogP contribution in [0.3, 0.4) is 0 Å². The fraction of sp³-hybridized carbons (Fsp3) is 0.400. The first-order chi connectivity index (χ1) is 7.60. The van der Waals surface area contributed by atoms with Crippen LogP contribution in [0.25, 0.3) is 0 Å². The number of aromatic hydroxyl groups is 1. The number of phenols is 1. The molecule has 90 valence electrons. The molecule has 0 heterocycles. The zero-order valence-corrected chi connectivity index (χ0v) is 8.96. The van der Waals surface area contributed by atoms with E-state index in [1.807, 2.05) is 0 Å². The van der Waals surface area contributed by atoms with Gasteiger partial charge in [0.2, 0.25) is 0 Å². The minimum atomic E-state index is -2.75. The second-order valence-electron chi connectivity index (χ2n) is 3.05. The first-order valence-corrected chi connectivity index (χ1v) is 4.54. The van der Waals surface area contributed by atoms with Crippen molar-refractivity contribution in [2.75, 3.05) is 14.2 Å². The summed E-state index contributed by atoms with van der Waals surface area (Å²) < 4.78 is 30.0. The van der Waals surface area contributed by atoms with Crippen LogP contribution in [0.15, 0.2) is 12.1 Å². The van der Waals surface area contributed by atoms with Gasteiger partial charge in [0.15, 0.2) is 0 Å². The second-order valence-corrected chi connectivity index (χ2v) is 3.05. The van der Waals surface area contributed by atoms with Crippen LogP contribution < -0.4 is 10.2 Å². The monoisotopic (exact) mass is 233 g/mol. The number of ether oxygens (including phenoxy) is 1. The Morgan fingerprint density at radius 2 is 2.06 bits per heavy atom. The van der Waals surface area contributed by atoms with Crippen LogP contribution in [0, 0.1) is 0 Å². The largest absolute Gasteiger partial charge is 0.507 e. The SMILES string of the molecule is CONCc1cc(OC)cc(C(F)F)c1O. The van der Waals surface area contributed by atoms with E-state index in [-0.39, 0.29) is 17.9 Å². The van der Waals surface area contributed by atoms with E-state index in [4.69, 9.17) is 4.74 Å². The van der Waals surface area contributed by atoms with E-state index in [9.17, 15) is 13.9 Å². The molecular formula is C10H13F2NO3. The molecule has 0 aliphatic carbocycles. The molecule has 1 rings (SSSR count). The Labute approximate surface area is 91.7 Å². The minimum Gasteiger partial charge on any atom is -0.507 e. The number of halogens is 2. The molecule has 0 radical (unpaired) electrons. The predicted molar refractivity (Wildman–Crippen MR) is 53.5 cm³/mol. The number of nitrogens with one attached hydrogen (secondary N) is 1. The van der Waals surface area contributed by atoms with Crippen LogP contribution in [0.5, 0.6) is 11.5 Å². The molecule has 0 amide bonds. The highest BCUT2D eigenvalue weighted by Crippen LogP contribution is 2.34. The number of alkyl halides is 2. The van der Waals surface area contributed by atoms with Crippen molar-refractivity contribution >= 4 is 0 Å². The predicted octanol–water partition coefficient (Wildman–Crippen LogP) is 1.99. The van der Waals surface area contributed by atoms with Crippen molar-refractivity contribution in [1.82, 2.24) is 5.48 Å². The number of hydrogen-bond acceptors (Lipinski definition) is 4. The molecule has 0 saturated carbocycles. The Morgan fingerprint density at radius 1 is 1.38 bits per heavy atom. The summed E-state index contributed by atoms with van der Waals surface area (Å²) in [6, 6.07) is 2.57.